The van der Waals surface area contributed by atoms with Crippen LogP contribution in [0.15, 0.2) is 0 Å². The van der Waals surface area contributed by atoms with E-state index >= 15 is 0 Å². The lowest BCUT2D eigenvalue weighted by atomic mass is 10.1. The van der Waals surface area contributed by atoms with Crippen LogP contribution in [0.3, 0.4) is 0 Å². The third kappa shape index (κ3) is 34.2. The van der Waals surface area contributed by atoms with Gasteiger partial charge in [0.05, 0.1) is 52.9 Å². The van der Waals surface area contributed by atoms with E-state index in [0.29, 0.717) is 65.4 Å². The van der Waals surface area contributed by atoms with Gasteiger partial charge in [0.15, 0.2) is 0 Å². The lowest BCUT2D eigenvalue weighted by molar-refractivity contribution is -0.125. The van der Waals surface area contributed by atoms with Crippen molar-refractivity contribution in [1.29, 1.82) is 0 Å². The quantitative estimate of drug-likeness (QED) is 0.0428. The predicted molar refractivity (Wildman–Crippen MR) is 203 cm³/mol. The number of ether oxygens (including phenoxy) is 5. The molecule has 0 fully saturated rings. The van der Waals surface area contributed by atoms with E-state index in [0.717, 1.165) is 12.8 Å². The average Bonchev–Trinajstić information content (AvgIpc) is 3.11. The Morgan fingerprint density at radius 1 is 0.455 bits per heavy atom. The van der Waals surface area contributed by atoms with Gasteiger partial charge in [-0.15, -0.1) is 0 Å². The molecule has 0 aliphatic carbocycles. The minimum Gasteiger partial charge on any atom is -0.444 e. The first-order chi connectivity index (χ1) is 26.3. The molecule has 19 heteroatoms. The maximum Gasteiger partial charge on any atom is 0.408 e. The van der Waals surface area contributed by atoms with Gasteiger partial charge in [-0.1, -0.05) is 13.8 Å². The molecule has 0 aliphatic heterocycles. The van der Waals surface area contributed by atoms with Gasteiger partial charge in [-0.2, -0.15) is 0 Å². The Morgan fingerprint density at radius 2 is 0.782 bits per heavy atom. The minimum absolute atomic E-state index is 0.00657. The summed E-state index contributed by atoms with van der Waals surface area (Å²) in [6.45, 7) is 12.6. The van der Waals surface area contributed by atoms with Crippen molar-refractivity contribution >= 4 is 41.5 Å². The van der Waals surface area contributed by atoms with Crippen LogP contribution < -0.4 is 37.2 Å². The fourth-order valence-corrected chi connectivity index (χ4v) is 4.31. The van der Waals surface area contributed by atoms with Gasteiger partial charge in [-0.25, -0.2) is 4.79 Å². The zero-order chi connectivity index (χ0) is 41.2. The molecular weight excluding hydrogens is 722 g/mol. The van der Waals surface area contributed by atoms with Crippen molar-refractivity contribution in [3.63, 3.8) is 0 Å². The molecular formula is C36H67N7O12. The van der Waals surface area contributed by atoms with Crippen LogP contribution in [0.5, 0.6) is 0 Å². The van der Waals surface area contributed by atoms with Gasteiger partial charge in [-0.3, -0.25) is 28.8 Å². The van der Waals surface area contributed by atoms with Gasteiger partial charge in [-0.05, 0) is 40.0 Å². The highest BCUT2D eigenvalue weighted by molar-refractivity contribution is 5.86. The molecule has 19 nitrogen and oxygen atoms in total. The van der Waals surface area contributed by atoms with Crippen molar-refractivity contribution in [2.75, 3.05) is 92.1 Å². The summed E-state index contributed by atoms with van der Waals surface area (Å²) in [5.41, 5.74) is -0.799. The molecule has 0 spiro atoms. The second-order valence-corrected chi connectivity index (χ2v) is 13.2. The highest BCUT2D eigenvalue weighted by atomic mass is 16.6. The monoisotopic (exact) mass is 789 g/mol. The van der Waals surface area contributed by atoms with E-state index in [4.69, 9.17) is 23.7 Å². The van der Waals surface area contributed by atoms with Crippen LogP contribution in [0.1, 0.15) is 86.0 Å². The summed E-state index contributed by atoms with van der Waals surface area (Å²) in [7, 11) is 0. The van der Waals surface area contributed by atoms with Crippen molar-refractivity contribution in [2.45, 2.75) is 97.6 Å². The maximum absolute atomic E-state index is 12.9. The van der Waals surface area contributed by atoms with Crippen LogP contribution in [0.25, 0.3) is 0 Å². The smallest absolute Gasteiger partial charge is 0.408 e. The fraction of sp³-hybridized carbons (Fsp3) is 0.806. The number of nitrogens with one attached hydrogen (secondary N) is 7. The van der Waals surface area contributed by atoms with Crippen molar-refractivity contribution in [1.82, 2.24) is 37.2 Å². The molecule has 55 heavy (non-hydrogen) atoms. The largest absolute Gasteiger partial charge is 0.444 e. The Bertz CT molecular complexity index is 1120. The van der Waals surface area contributed by atoms with E-state index in [1.54, 1.807) is 20.8 Å². The van der Waals surface area contributed by atoms with Crippen LogP contribution in [0.2, 0.25) is 0 Å². The number of amides is 7. The number of carbonyl (C=O) groups excluding carboxylic acids is 7. The molecule has 1 atom stereocenters. The van der Waals surface area contributed by atoms with Crippen molar-refractivity contribution < 1.29 is 57.2 Å². The minimum atomic E-state index is -1.06. The van der Waals surface area contributed by atoms with E-state index in [9.17, 15) is 33.6 Å². The number of hydrogen-bond acceptors (Lipinski definition) is 12. The van der Waals surface area contributed by atoms with Gasteiger partial charge < -0.3 is 60.9 Å². The number of carbonyl (C=O) groups is 7. The molecule has 0 saturated heterocycles. The Kier molecular flexibility index (Phi) is 30.8. The van der Waals surface area contributed by atoms with Gasteiger partial charge >= 0.3 is 6.09 Å². The van der Waals surface area contributed by atoms with Gasteiger partial charge in [0, 0.05) is 71.4 Å². The molecule has 0 radical (unpaired) electrons. The SMILES string of the molecule is CCCC(=O)NCCOCCNC(=O)CCOCCNC(=O)CC[C@H](NC(=O)OC(C)(C)C)C(=O)NCCOCCC(=O)NCCOCCNC(=O)CCC. The number of hydrogen-bond donors (Lipinski definition) is 7. The first-order valence-corrected chi connectivity index (χ1v) is 19.2. The molecule has 7 N–H and O–H groups in total. The van der Waals surface area contributed by atoms with Gasteiger partial charge in [0.1, 0.15) is 11.6 Å². The van der Waals surface area contributed by atoms with Crippen LogP contribution >= 0.6 is 0 Å². The highest BCUT2D eigenvalue weighted by Crippen LogP contribution is 2.08. The van der Waals surface area contributed by atoms with Gasteiger partial charge in [0.25, 0.3) is 0 Å². The molecule has 0 saturated carbocycles. The summed E-state index contributed by atoms with van der Waals surface area (Å²) in [5, 5.41) is 18.7. The summed E-state index contributed by atoms with van der Waals surface area (Å²) in [6, 6.07) is -1.06. The lowest BCUT2D eigenvalue weighted by Gasteiger charge is -2.23. The average molecular weight is 790 g/mol. The van der Waals surface area contributed by atoms with E-state index in [-0.39, 0.29) is 94.7 Å². The Balaban J connectivity index is 4.24. The van der Waals surface area contributed by atoms with Crippen LogP contribution in [0, 0.1) is 0 Å². The van der Waals surface area contributed by atoms with E-state index in [1.165, 1.54) is 0 Å². The fourth-order valence-electron chi connectivity index (χ4n) is 4.31. The lowest BCUT2D eigenvalue weighted by Crippen LogP contribution is -2.49. The molecule has 0 bridgehead atoms. The molecule has 0 aromatic rings. The van der Waals surface area contributed by atoms with E-state index in [2.05, 4.69) is 37.2 Å². The Hall–Kier alpha value is -4.07. The Morgan fingerprint density at radius 3 is 1.15 bits per heavy atom. The molecule has 0 heterocycles. The van der Waals surface area contributed by atoms with E-state index in [1.807, 2.05) is 13.8 Å². The normalized spacial score (nSPS) is 11.5. The van der Waals surface area contributed by atoms with Gasteiger partial charge in [0.2, 0.25) is 35.4 Å². The topological polar surface area (TPSA) is 250 Å². The first-order valence-electron chi connectivity index (χ1n) is 19.2. The van der Waals surface area contributed by atoms with Crippen LogP contribution in [-0.2, 0) is 52.5 Å². The van der Waals surface area contributed by atoms with Crippen LogP contribution in [0.4, 0.5) is 4.79 Å². The zero-order valence-corrected chi connectivity index (χ0v) is 33.5. The number of alkyl carbamates (subject to hydrolysis) is 1. The summed E-state index contributed by atoms with van der Waals surface area (Å²) >= 11 is 0. The molecule has 318 valence electrons. The summed E-state index contributed by atoms with van der Waals surface area (Å²) < 4.78 is 26.9. The maximum atomic E-state index is 12.9. The summed E-state index contributed by atoms with van der Waals surface area (Å²) in [5.74, 6) is -1.36. The third-order valence-electron chi connectivity index (χ3n) is 6.96. The zero-order valence-electron chi connectivity index (χ0n) is 33.5. The molecule has 0 rings (SSSR count). The van der Waals surface area contributed by atoms with Crippen molar-refractivity contribution in [3.8, 4) is 0 Å². The number of rotatable bonds is 33. The summed E-state index contributed by atoms with van der Waals surface area (Å²) in [6.07, 6.45) is 1.88. The van der Waals surface area contributed by atoms with Crippen LogP contribution in [-0.4, -0.2) is 145 Å². The molecule has 7 amide bonds. The van der Waals surface area contributed by atoms with Crippen molar-refractivity contribution in [3.05, 3.63) is 0 Å². The first kappa shape index (κ1) is 50.9. The standard InChI is InChI=1S/C36H67N7O12/c1-6-8-29(44)37-15-23-53-25-17-40-32(47)12-20-51-22-14-39-31(46)11-10-28(43-35(50)55-36(3,4)5)34(49)42-19-27-52-21-13-33(48)41-18-26-54-24-16-38-30(45)9-7-2/h28H,6-27H2,1-5H3,(H,37,44)(H,38,45)(H,39,46)(H,40,47)(H,41,48)(H,42,49)(H,43,50)/t28-/m0/s1. The third-order valence-corrected chi connectivity index (χ3v) is 6.96. The van der Waals surface area contributed by atoms with E-state index < -0.39 is 23.6 Å². The highest BCUT2D eigenvalue weighted by Gasteiger charge is 2.25. The Labute approximate surface area is 325 Å². The second kappa shape index (κ2) is 33.3. The summed E-state index contributed by atoms with van der Waals surface area (Å²) in [4.78, 5) is 84.4. The predicted octanol–water partition coefficient (Wildman–Crippen LogP) is -0.196. The molecule has 0 unspecified atom stereocenters. The van der Waals surface area contributed by atoms with Crippen molar-refractivity contribution in [2.24, 2.45) is 0 Å². The second-order valence-electron chi connectivity index (χ2n) is 13.2. The molecule has 0 aliphatic rings. The molecule has 0 aromatic carbocycles. The molecule has 0 aromatic heterocycles.